The van der Waals surface area contributed by atoms with E-state index < -0.39 is 12.3 Å². The number of amides is 2. The Bertz CT molecular complexity index is 1580. The van der Waals surface area contributed by atoms with Crippen LogP contribution >= 0.6 is 0 Å². The van der Waals surface area contributed by atoms with Crippen LogP contribution in [0.1, 0.15) is 53.7 Å². The number of ether oxygens (including phenoxy) is 2. The second-order valence-corrected chi connectivity index (χ2v) is 10.5. The number of aromatic nitrogens is 5. The average molecular weight is 572 g/mol. The zero-order valence-corrected chi connectivity index (χ0v) is 23.1. The van der Waals surface area contributed by atoms with Gasteiger partial charge in [-0.3, -0.25) is 5.32 Å². The first-order chi connectivity index (χ1) is 20.5. The van der Waals surface area contributed by atoms with Crippen molar-refractivity contribution in [2.75, 3.05) is 11.9 Å². The molecular formula is C30H33N7O5. The summed E-state index contributed by atoms with van der Waals surface area (Å²) in [5, 5.41) is 14.9. The van der Waals surface area contributed by atoms with Gasteiger partial charge in [0, 0.05) is 18.9 Å². The molecule has 0 spiro atoms. The lowest BCUT2D eigenvalue weighted by molar-refractivity contribution is -0.0507. The zero-order valence-electron chi connectivity index (χ0n) is 23.1. The SMILES string of the molecule is CCNC(=O)Nc1ncnc2c1ncn2C1CC(CCCc2c[nH]cc2C(=O)O)C2O[C@H](/C=C/c3ccccc3)OC21. The third kappa shape index (κ3) is 5.63. The van der Waals surface area contributed by atoms with Crippen LogP contribution in [0, 0.1) is 5.92 Å². The lowest BCUT2D eigenvalue weighted by atomic mass is 9.96. The highest BCUT2D eigenvalue weighted by Gasteiger charge is 2.51. The molecule has 218 valence electrons. The predicted molar refractivity (Wildman–Crippen MR) is 155 cm³/mol. The van der Waals surface area contributed by atoms with Gasteiger partial charge in [0.25, 0.3) is 0 Å². The third-order valence-electron chi connectivity index (χ3n) is 7.91. The van der Waals surface area contributed by atoms with E-state index in [2.05, 4.69) is 30.6 Å². The first-order valence-corrected chi connectivity index (χ1v) is 14.2. The summed E-state index contributed by atoms with van der Waals surface area (Å²) < 4.78 is 15.0. The summed E-state index contributed by atoms with van der Waals surface area (Å²) in [5.74, 6) is -0.416. The fraction of sp³-hybridized carbons (Fsp3) is 0.367. The van der Waals surface area contributed by atoms with Crippen molar-refractivity contribution in [3.63, 3.8) is 0 Å². The van der Waals surface area contributed by atoms with E-state index in [0.717, 1.165) is 30.4 Å². The number of aryl methyl sites for hydroxylation is 1. The first-order valence-electron chi connectivity index (χ1n) is 14.2. The third-order valence-corrected chi connectivity index (χ3v) is 7.91. The number of H-pyrrole nitrogens is 1. The van der Waals surface area contributed by atoms with Gasteiger partial charge in [0.1, 0.15) is 12.4 Å². The highest BCUT2D eigenvalue weighted by Crippen LogP contribution is 2.47. The van der Waals surface area contributed by atoms with Gasteiger partial charge in [-0.15, -0.1) is 0 Å². The number of hydrogen-bond acceptors (Lipinski definition) is 7. The lowest BCUT2D eigenvalue weighted by Gasteiger charge is -2.19. The molecule has 0 radical (unpaired) electrons. The van der Waals surface area contributed by atoms with Crippen molar-refractivity contribution >= 4 is 35.1 Å². The second-order valence-electron chi connectivity index (χ2n) is 10.5. The number of nitrogens with zero attached hydrogens (tertiary/aromatic N) is 4. The molecule has 3 aromatic heterocycles. The predicted octanol–water partition coefficient (Wildman–Crippen LogP) is 4.40. The Balaban J connectivity index is 1.23. The van der Waals surface area contributed by atoms with Crippen LogP contribution < -0.4 is 10.6 Å². The van der Waals surface area contributed by atoms with Gasteiger partial charge in [-0.25, -0.2) is 24.5 Å². The van der Waals surface area contributed by atoms with Gasteiger partial charge in [0.05, 0.1) is 24.0 Å². The number of urea groups is 1. The van der Waals surface area contributed by atoms with Gasteiger partial charge >= 0.3 is 12.0 Å². The van der Waals surface area contributed by atoms with E-state index >= 15 is 0 Å². The van der Waals surface area contributed by atoms with E-state index in [4.69, 9.17) is 9.47 Å². The van der Waals surface area contributed by atoms with Gasteiger partial charge in [-0.05, 0) is 55.7 Å². The number of aromatic carboxylic acids is 1. The molecule has 1 aliphatic heterocycles. The fourth-order valence-electron chi connectivity index (χ4n) is 6.02. The highest BCUT2D eigenvalue weighted by atomic mass is 16.7. The van der Waals surface area contributed by atoms with Crippen molar-refractivity contribution in [1.29, 1.82) is 0 Å². The quantitative estimate of drug-likeness (QED) is 0.218. The summed E-state index contributed by atoms with van der Waals surface area (Å²) in [4.78, 5) is 39.9. The molecule has 0 bridgehead atoms. The Morgan fingerprint density at radius 3 is 2.79 bits per heavy atom. The minimum atomic E-state index is -0.928. The summed E-state index contributed by atoms with van der Waals surface area (Å²) in [5.41, 5.74) is 3.26. The number of carboxylic acid groups (broad SMARTS) is 1. The maximum Gasteiger partial charge on any atom is 0.337 e. The zero-order chi connectivity index (χ0) is 29.1. The number of aromatic amines is 1. The number of carbonyl (C=O) groups excluding carboxylic acids is 1. The van der Waals surface area contributed by atoms with Crippen molar-refractivity contribution < 1.29 is 24.2 Å². The first kappa shape index (κ1) is 27.6. The summed E-state index contributed by atoms with van der Waals surface area (Å²) in [6.45, 7) is 2.33. The molecule has 6 rings (SSSR count). The molecule has 2 fully saturated rings. The van der Waals surface area contributed by atoms with Crippen LogP contribution in [0.5, 0.6) is 0 Å². The molecule has 12 nitrogen and oxygen atoms in total. The second kappa shape index (κ2) is 12.1. The molecule has 2 amide bonds. The van der Waals surface area contributed by atoms with Crippen molar-refractivity contribution in [2.45, 2.75) is 57.1 Å². The summed E-state index contributed by atoms with van der Waals surface area (Å²) in [6.07, 6.45) is 12.5. The largest absolute Gasteiger partial charge is 0.478 e. The van der Waals surface area contributed by atoms with Crippen LogP contribution in [0.25, 0.3) is 17.2 Å². The van der Waals surface area contributed by atoms with Gasteiger partial charge in [-0.2, -0.15) is 0 Å². The van der Waals surface area contributed by atoms with Gasteiger partial charge in [-0.1, -0.05) is 36.4 Å². The number of nitrogens with one attached hydrogen (secondary N) is 3. The lowest BCUT2D eigenvalue weighted by Crippen LogP contribution is -2.28. The summed E-state index contributed by atoms with van der Waals surface area (Å²) in [6, 6.07) is 9.53. The molecule has 1 saturated carbocycles. The molecular weight excluding hydrogens is 538 g/mol. The molecule has 5 atom stereocenters. The van der Waals surface area contributed by atoms with Crippen molar-refractivity contribution in [2.24, 2.45) is 5.92 Å². The minimum Gasteiger partial charge on any atom is -0.478 e. The summed E-state index contributed by atoms with van der Waals surface area (Å²) in [7, 11) is 0. The van der Waals surface area contributed by atoms with Crippen molar-refractivity contribution in [3.8, 4) is 0 Å². The molecule has 42 heavy (non-hydrogen) atoms. The van der Waals surface area contributed by atoms with E-state index in [1.165, 1.54) is 12.5 Å². The molecule has 4 unspecified atom stereocenters. The number of anilines is 1. The molecule has 1 aliphatic carbocycles. The Hall–Kier alpha value is -4.55. The van der Waals surface area contributed by atoms with Crippen LogP contribution in [0.15, 0.2) is 61.5 Å². The maximum atomic E-state index is 12.2. The van der Waals surface area contributed by atoms with E-state index in [0.29, 0.717) is 35.5 Å². The molecule has 4 heterocycles. The normalized spacial score (nSPS) is 23.4. The van der Waals surface area contributed by atoms with E-state index in [1.54, 1.807) is 12.5 Å². The Morgan fingerprint density at radius 1 is 1.14 bits per heavy atom. The average Bonchev–Trinajstić information content (AvgIpc) is 3.77. The molecule has 4 aromatic rings. The van der Waals surface area contributed by atoms with Crippen LogP contribution in [0.3, 0.4) is 0 Å². The van der Waals surface area contributed by atoms with Crippen molar-refractivity contribution in [3.05, 3.63) is 78.1 Å². The highest BCUT2D eigenvalue weighted by molar-refractivity contribution is 5.95. The number of carbonyl (C=O) groups is 2. The van der Waals surface area contributed by atoms with Gasteiger partial charge in [0.2, 0.25) is 0 Å². The number of carboxylic acids is 1. The van der Waals surface area contributed by atoms with Gasteiger partial charge in [0.15, 0.2) is 23.3 Å². The van der Waals surface area contributed by atoms with Gasteiger partial charge < -0.3 is 29.4 Å². The number of benzene rings is 1. The topological polar surface area (TPSA) is 156 Å². The summed E-state index contributed by atoms with van der Waals surface area (Å²) >= 11 is 0. The smallest absolute Gasteiger partial charge is 0.337 e. The maximum absolute atomic E-state index is 12.2. The Kier molecular flexibility index (Phi) is 7.97. The Morgan fingerprint density at radius 2 is 1.98 bits per heavy atom. The fourth-order valence-corrected chi connectivity index (χ4v) is 6.02. The number of imidazole rings is 1. The molecule has 2 aliphatic rings. The van der Waals surface area contributed by atoms with E-state index in [1.807, 2.05) is 54.0 Å². The van der Waals surface area contributed by atoms with Crippen LogP contribution in [0.2, 0.25) is 0 Å². The number of fused-ring (bicyclic) bond motifs is 2. The number of hydrogen-bond donors (Lipinski definition) is 4. The van der Waals surface area contributed by atoms with Crippen LogP contribution in [-0.4, -0.2) is 66.7 Å². The molecule has 12 heteroatoms. The Labute approximate surface area is 242 Å². The van der Waals surface area contributed by atoms with E-state index in [9.17, 15) is 14.7 Å². The van der Waals surface area contributed by atoms with Crippen LogP contribution in [-0.2, 0) is 15.9 Å². The van der Waals surface area contributed by atoms with E-state index in [-0.39, 0.29) is 30.2 Å². The van der Waals surface area contributed by atoms with Crippen LogP contribution in [0.4, 0.5) is 10.6 Å². The number of rotatable bonds is 10. The standard InChI is InChI=1S/C30H33N7O5/c1-2-32-30(40)36-27-24-28(34-16-33-27)37(17-35-24)22-13-19(9-6-10-20-14-31-15-21(20)29(38)39)25-26(22)42-23(41-25)12-11-18-7-4-3-5-8-18/h3-5,7-8,11-12,14-17,19,22-23,25-26,31H,2,6,9-10,13H2,1H3,(H,38,39)(H2,32,33,34,36,40)/b12-11+/t19?,22?,23-,25?,26?/m0/s1. The van der Waals surface area contributed by atoms with Crippen molar-refractivity contribution in [1.82, 2.24) is 29.8 Å². The molecule has 4 N–H and O–H groups in total. The molecule has 1 aromatic carbocycles. The molecule has 1 saturated heterocycles. The monoisotopic (exact) mass is 571 g/mol. The minimum absolute atomic E-state index is 0.103.